The van der Waals surface area contributed by atoms with Crippen LogP contribution >= 0.6 is 0 Å². The molecule has 0 bridgehead atoms. The summed E-state index contributed by atoms with van der Waals surface area (Å²) in [5, 5.41) is 3.36. The molecule has 1 aromatic carbocycles. The SMILES string of the molecule is CCCCCC(NCC)c1ccccc1F. The third-order valence-corrected chi connectivity index (χ3v) is 2.83. The van der Waals surface area contributed by atoms with Crippen molar-refractivity contribution in [2.24, 2.45) is 0 Å². The van der Waals surface area contributed by atoms with Crippen molar-refractivity contribution >= 4 is 0 Å². The van der Waals surface area contributed by atoms with E-state index in [0.717, 1.165) is 24.9 Å². The molecule has 0 aliphatic rings. The van der Waals surface area contributed by atoms with E-state index in [-0.39, 0.29) is 11.9 Å². The summed E-state index contributed by atoms with van der Waals surface area (Å²) in [5.41, 5.74) is 0.806. The molecule has 0 saturated carbocycles. The normalized spacial score (nSPS) is 12.7. The summed E-state index contributed by atoms with van der Waals surface area (Å²) in [7, 11) is 0. The fourth-order valence-corrected chi connectivity index (χ4v) is 1.97. The van der Waals surface area contributed by atoms with Crippen molar-refractivity contribution in [3.8, 4) is 0 Å². The highest BCUT2D eigenvalue weighted by Gasteiger charge is 2.13. The summed E-state index contributed by atoms with van der Waals surface area (Å²) in [6, 6.07) is 7.24. The second-order valence-corrected chi connectivity index (χ2v) is 4.13. The first-order valence-corrected chi connectivity index (χ1v) is 6.27. The molecule has 1 nitrogen and oxygen atoms in total. The smallest absolute Gasteiger partial charge is 0.127 e. The summed E-state index contributed by atoms with van der Waals surface area (Å²) < 4.78 is 13.6. The summed E-state index contributed by atoms with van der Waals surface area (Å²) in [4.78, 5) is 0. The van der Waals surface area contributed by atoms with Gasteiger partial charge in [-0.1, -0.05) is 51.3 Å². The minimum atomic E-state index is -0.0926. The molecule has 1 N–H and O–H groups in total. The topological polar surface area (TPSA) is 12.0 Å². The van der Waals surface area contributed by atoms with E-state index in [1.165, 1.54) is 12.8 Å². The Balaban J connectivity index is 2.65. The molecular weight excluding hydrogens is 201 g/mol. The zero-order chi connectivity index (χ0) is 11.8. The van der Waals surface area contributed by atoms with Crippen LogP contribution in [0.3, 0.4) is 0 Å². The predicted octanol–water partition coefficient (Wildman–Crippen LogP) is 4.06. The lowest BCUT2D eigenvalue weighted by molar-refractivity contribution is 0.464. The highest BCUT2D eigenvalue weighted by molar-refractivity contribution is 5.21. The van der Waals surface area contributed by atoms with E-state index in [2.05, 4.69) is 19.2 Å². The lowest BCUT2D eigenvalue weighted by Gasteiger charge is -2.18. The Morgan fingerprint density at radius 2 is 1.94 bits per heavy atom. The largest absolute Gasteiger partial charge is 0.310 e. The molecule has 16 heavy (non-hydrogen) atoms. The fourth-order valence-electron chi connectivity index (χ4n) is 1.97. The molecule has 0 aliphatic carbocycles. The van der Waals surface area contributed by atoms with Gasteiger partial charge in [0.1, 0.15) is 5.82 Å². The molecule has 90 valence electrons. The van der Waals surface area contributed by atoms with Gasteiger partial charge in [-0.2, -0.15) is 0 Å². The predicted molar refractivity (Wildman–Crippen MR) is 67.0 cm³/mol. The van der Waals surface area contributed by atoms with Gasteiger partial charge in [-0.3, -0.25) is 0 Å². The van der Waals surface area contributed by atoms with E-state index in [0.29, 0.717) is 0 Å². The van der Waals surface area contributed by atoms with Gasteiger partial charge in [-0.05, 0) is 19.0 Å². The molecule has 1 aromatic rings. The number of nitrogens with one attached hydrogen (secondary N) is 1. The van der Waals surface area contributed by atoms with E-state index in [9.17, 15) is 4.39 Å². The van der Waals surface area contributed by atoms with Crippen LogP contribution in [-0.2, 0) is 0 Å². The van der Waals surface area contributed by atoms with Crippen molar-refractivity contribution in [2.75, 3.05) is 6.54 Å². The number of benzene rings is 1. The number of hydrogen-bond donors (Lipinski definition) is 1. The van der Waals surface area contributed by atoms with Crippen LogP contribution in [0.15, 0.2) is 24.3 Å². The van der Waals surface area contributed by atoms with Crippen molar-refractivity contribution in [3.63, 3.8) is 0 Å². The third-order valence-electron chi connectivity index (χ3n) is 2.83. The van der Waals surface area contributed by atoms with Crippen LogP contribution in [0.5, 0.6) is 0 Å². The molecule has 0 aliphatic heterocycles. The zero-order valence-electron chi connectivity index (χ0n) is 10.3. The molecule has 1 atom stereocenters. The second kappa shape index (κ2) is 7.39. The quantitative estimate of drug-likeness (QED) is 0.687. The summed E-state index contributed by atoms with van der Waals surface area (Å²) in [5.74, 6) is -0.0926. The third kappa shape index (κ3) is 3.93. The number of unbranched alkanes of at least 4 members (excludes halogenated alkanes) is 2. The number of rotatable bonds is 7. The summed E-state index contributed by atoms with van der Waals surface area (Å²) in [6.07, 6.45) is 4.59. The Morgan fingerprint density at radius 1 is 1.19 bits per heavy atom. The number of hydrogen-bond acceptors (Lipinski definition) is 1. The van der Waals surface area contributed by atoms with Crippen LogP contribution in [0, 0.1) is 5.82 Å². The van der Waals surface area contributed by atoms with Gasteiger partial charge in [0.15, 0.2) is 0 Å². The Labute approximate surface area is 98.1 Å². The zero-order valence-corrected chi connectivity index (χ0v) is 10.3. The van der Waals surface area contributed by atoms with Gasteiger partial charge in [0.2, 0.25) is 0 Å². The van der Waals surface area contributed by atoms with Gasteiger partial charge in [0.25, 0.3) is 0 Å². The molecule has 0 aromatic heterocycles. The van der Waals surface area contributed by atoms with Crippen LogP contribution in [0.2, 0.25) is 0 Å². The first kappa shape index (κ1) is 13.2. The monoisotopic (exact) mass is 223 g/mol. The Morgan fingerprint density at radius 3 is 2.56 bits per heavy atom. The first-order valence-electron chi connectivity index (χ1n) is 6.27. The van der Waals surface area contributed by atoms with E-state index in [1.807, 2.05) is 12.1 Å². The molecule has 0 amide bonds. The van der Waals surface area contributed by atoms with Crippen molar-refractivity contribution in [1.82, 2.24) is 5.32 Å². The second-order valence-electron chi connectivity index (χ2n) is 4.13. The molecule has 1 rings (SSSR count). The summed E-state index contributed by atoms with van der Waals surface area (Å²) in [6.45, 7) is 5.13. The molecule has 0 fully saturated rings. The summed E-state index contributed by atoms with van der Waals surface area (Å²) >= 11 is 0. The first-order chi connectivity index (χ1) is 7.79. The van der Waals surface area contributed by atoms with Crippen LogP contribution in [0.25, 0.3) is 0 Å². The molecular formula is C14H22FN. The van der Waals surface area contributed by atoms with E-state index < -0.39 is 0 Å². The molecule has 0 radical (unpaired) electrons. The van der Waals surface area contributed by atoms with Crippen LogP contribution in [0.1, 0.15) is 51.1 Å². The van der Waals surface area contributed by atoms with Gasteiger partial charge >= 0.3 is 0 Å². The minimum Gasteiger partial charge on any atom is -0.310 e. The minimum absolute atomic E-state index is 0.0926. The molecule has 0 heterocycles. The highest BCUT2D eigenvalue weighted by Crippen LogP contribution is 2.22. The lowest BCUT2D eigenvalue weighted by Crippen LogP contribution is -2.21. The Hall–Kier alpha value is -0.890. The Bertz CT molecular complexity index is 299. The van der Waals surface area contributed by atoms with Crippen molar-refractivity contribution in [3.05, 3.63) is 35.6 Å². The molecule has 2 heteroatoms. The van der Waals surface area contributed by atoms with Crippen LogP contribution in [-0.4, -0.2) is 6.54 Å². The average Bonchev–Trinajstić information content (AvgIpc) is 2.29. The van der Waals surface area contributed by atoms with E-state index in [1.54, 1.807) is 12.1 Å². The molecule has 0 saturated heterocycles. The van der Waals surface area contributed by atoms with Crippen molar-refractivity contribution in [2.45, 2.75) is 45.6 Å². The van der Waals surface area contributed by atoms with Crippen molar-refractivity contribution in [1.29, 1.82) is 0 Å². The van der Waals surface area contributed by atoms with Gasteiger partial charge < -0.3 is 5.32 Å². The number of halogens is 1. The van der Waals surface area contributed by atoms with E-state index in [4.69, 9.17) is 0 Å². The van der Waals surface area contributed by atoms with Gasteiger partial charge in [0, 0.05) is 11.6 Å². The maximum atomic E-state index is 13.6. The Kier molecular flexibility index (Phi) is 6.09. The highest BCUT2D eigenvalue weighted by atomic mass is 19.1. The van der Waals surface area contributed by atoms with E-state index >= 15 is 0 Å². The van der Waals surface area contributed by atoms with Gasteiger partial charge in [-0.25, -0.2) is 4.39 Å². The van der Waals surface area contributed by atoms with Gasteiger partial charge in [-0.15, -0.1) is 0 Å². The standard InChI is InChI=1S/C14H22FN/c1-3-5-6-11-14(16-4-2)12-9-7-8-10-13(12)15/h7-10,14,16H,3-6,11H2,1-2H3. The van der Waals surface area contributed by atoms with Gasteiger partial charge in [0.05, 0.1) is 0 Å². The van der Waals surface area contributed by atoms with Crippen LogP contribution < -0.4 is 5.32 Å². The maximum absolute atomic E-state index is 13.6. The van der Waals surface area contributed by atoms with Crippen molar-refractivity contribution < 1.29 is 4.39 Å². The maximum Gasteiger partial charge on any atom is 0.127 e. The van der Waals surface area contributed by atoms with Crippen LogP contribution in [0.4, 0.5) is 4.39 Å². The fraction of sp³-hybridized carbons (Fsp3) is 0.571. The molecule has 0 spiro atoms. The lowest BCUT2D eigenvalue weighted by atomic mass is 10.00. The average molecular weight is 223 g/mol. The molecule has 1 unspecified atom stereocenters.